The lowest BCUT2D eigenvalue weighted by atomic mass is 9.64. The maximum atomic E-state index is 6.44. The smallest absolute Gasteiger partial charge is 0.168 e. The maximum Gasteiger partial charge on any atom is 0.168 e. The van der Waals surface area contributed by atoms with E-state index in [9.17, 15) is 0 Å². The summed E-state index contributed by atoms with van der Waals surface area (Å²) < 4.78 is 12.7. The van der Waals surface area contributed by atoms with Crippen molar-refractivity contribution >= 4 is 0 Å². The van der Waals surface area contributed by atoms with Crippen LogP contribution in [0.1, 0.15) is 73.6 Å². The van der Waals surface area contributed by atoms with Gasteiger partial charge in [-0.1, -0.05) is 33.8 Å². The van der Waals surface area contributed by atoms with E-state index in [0.29, 0.717) is 11.5 Å². The van der Waals surface area contributed by atoms with Crippen LogP contribution in [0.3, 0.4) is 0 Å². The highest BCUT2D eigenvalue weighted by atomic mass is 16.7. The molecular weight excluding hydrogens is 310 g/mol. The van der Waals surface area contributed by atoms with Gasteiger partial charge in [0.1, 0.15) is 0 Å². The summed E-state index contributed by atoms with van der Waals surface area (Å²) in [6.45, 7) is 20.7. The molecule has 0 N–H and O–H groups in total. The average Bonchev–Trinajstić information content (AvgIpc) is 2.94. The lowest BCUT2D eigenvalue weighted by Gasteiger charge is -2.44. The van der Waals surface area contributed by atoms with Crippen LogP contribution >= 0.6 is 0 Å². The van der Waals surface area contributed by atoms with Crippen molar-refractivity contribution in [3.05, 3.63) is 12.7 Å². The van der Waals surface area contributed by atoms with Crippen molar-refractivity contribution in [2.75, 3.05) is 19.7 Å². The zero-order valence-corrected chi connectivity index (χ0v) is 17.5. The van der Waals surface area contributed by atoms with E-state index in [1.54, 1.807) is 0 Å². The molecule has 2 aliphatic rings. The van der Waals surface area contributed by atoms with Crippen LogP contribution in [0.4, 0.5) is 0 Å². The molecule has 1 heterocycles. The summed E-state index contributed by atoms with van der Waals surface area (Å²) in [6, 6.07) is 0.544. The Balaban J connectivity index is 1.82. The van der Waals surface area contributed by atoms with Gasteiger partial charge in [0.15, 0.2) is 5.79 Å². The third-order valence-corrected chi connectivity index (χ3v) is 7.03. The molecule has 25 heavy (non-hydrogen) atoms. The van der Waals surface area contributed by atoms with Crippen LogP contribution in [-0.4, -0.2) is 42.5 Å². The molecule has 1 spiro atoms. The van der Waals surface area contributed by atoms with Gasteiger partial charge in [0.2, 0.25) is 0 Å². The Morgan fingerprint density at radius 2 is 1.84 bits per heavy atom. The predicted molar refractivity (Wildman–Crippen MR) is 106 cm³/mol. The molecule has 146 valence electrons. The van der Waals surface area contributed by atoms with E-state index in [2.05, 4.69) is 53.0 Å². The summed E-state index contributed by atoms with van der Waals surface area (Å²) in [6.07, 6.45) is 7.87. The minimum atomic E-state index is -0.282. The Kier molecular flexibility index (Phi) is 7.15. The van der Waals surface area contributed by atoms with E-state index >= 15 is 0 Å². The van der Waals surface area contributed by atoms with E-state index in [0.717, 1.165) is 50.8 Å². The van der Waals surface area contributed by atoms with Crippen molar-refractivity contribution in [2.45, 2.75) is 91.6 Å². The molecule has 2 fully saturated rings. The first-order chi connectivity index (χ1) is 11.7. The highest BCUT2D eigenvalue weighted by Gasteiger charge is 2.47. The molecule has 0 radical (unpaired) electrons. The second kappa shape index (κ2) is 8.54. The minimum absolute atomic E-state index is 0.251. The Hall–Kier alpha value is -0.380. The fourth-order valence-corrected chi connectivity index (χ4v) is 4.33. The molecule has 1 saturated carbocycles. The molecule has 0 aromatic rings. The van der Waals surface area contributed by atoms with E-state index in [1.165, 1.54) is 12.8 Å². The first-order valence-electron chi connectivity index (χ1n) is 10.4. The van der Waals surface area contributed by atoms with Crippen molar-refractivity contribution in [1.29, 1.82) is 0 Å². The third kappa shape index (κ3) is 5.08. The van der Waals surface area contributed by atoms with Crippen molar-refractivity contribution in [3.8, 4) is 0 Å². The van der Waals surface area contributed by atoms with Gasteiger partial charge in [-0.05, 0) is 50.4 Å². The fraction of sp³-hybridized carbons (Fsp3) is 0.909. The first kappa shape index (κ1) is 20.9. The largest absolute Gasteiger partial charge is 0.347 e. The summed E-state index contributed by atoms with van der Waals surface area (Å²) in [5, 5.41) is 0. The number of hydrogen-bond acceptors (Lipinski definition) is 3. The Bertz CT molecular complexity index is 422. The molecule has 0 aromatic heterocycles. The summed E-state index contributed by atoms with van der Waals surface area (Å²) in [4.78, 5) is 2.45. The second-order valence-electron chi connectivity index (χ2n) is 9.38. The van der Waals surface area contributed by atoms with Crippen LogP contribution in [0.15, 0.2) is 12.7 Å². The zero-order valence-electron chi connectivity index (χ0n) is 17.5. The van der Waals surface area contributed by atoms with Gasteiger partial charge in [-0.25, -0.2) is 0 Å². The Morgan fingerprint density at radius 3 is 2.36 bits per heavy atom. The molecular formula is C22H41NO2. The lowest BCUT2D eigenvalue weighted by Crippen LogP contribution is -2.41. The first-order valence-corrected chi connectivity index (χ1v) is 10.4. The summed E-state index contributed by atoms with van der Waals surface area (Å²) in [5.74, 6) is 1.22. The average molecular weight is 352 g/mol. The number of hydrogen-bond donors (Lipinski definition) is 0. The summed E-state index contributed by atoms with van der Waals surface area (Å²) in [7, 11) is 0. The van der Waals surface area contributed by atoms with Gasteiger partial charge in [-0.3, -0.25) is 4.90 Å². The molecule has 1 unspecified atom stereocenters. The normalized spacial score (nSPS) is 30.8. The van der Waals surface area contributed by atoms with E-state index in [1.807, 2.05) is 6.08 Å². The fourth-order valence-electron chi connectivity index (χ4n) is 4.33. The highest BCUT2D eigenvalue weighted by Crippen LogP contribution is 2.48. The number of nitrogens with zero attached hydrogens (tertiary/aromatic N) is 1. The molecule has 1 saturated heterocycles. The summed E-state index contributed by atoms with van der Waals surface area (Å²) >= 11 is 0. The lowest BCUT2D eigenvalue weighted by molar-refractivity contribution is -0.198. The predicted octanol–water partition coefficient (Wildman–Crippen LogP) is 5.26. The van der Waals surface area contributed by atoms with E-state index in [4.69, 9.17) is 9.47 Å². The van der Waals surface area contributed by atoms with Crippen molar-refractivity contribution in [1.82, 2.24) is 4.90 Å². The number of ether oxygens (including phenoxy) is 2. The van der Waals surface area contributed by atoms with Crippen LogP contribution in [0.25, 0.3) is 0 Å². The van der Waals surface area contributed by atoms with Crippen LogP contribution in [0.5, 0.6) is 0 Å². The van der Waals surface area contributed by atoms with E-state index < -0.39 is 0 Å². The zero-order chi connectivity index (χ0) is 18.7. The van der Waals surface area contributed by atoms with Crippen LogP contribution in [-0.2, 0) is 9.47 Å². The molecule has 0 aromatic carbocycles. The molecule has 0 amide bonds. The third-order valence-electron chi connectivity index (χ3n) is 7.03. The van der Waals surface area contributed by atoms with Crippen molar-refractivity contribution in [2.24, 2.45) is 17.3 Å². The van der Waals surface area contributed by atoms with Crippen LogP contribution in [0.2, 0.25) is 0 Å². The molecule has 1 aliphatic heterocycles. The topological polar surface area (TPSA) is 21.7 Å². The monoisotopic (exact) mass is 351 g/mol. The molecule has 0 bridgehead atoms. The number of rotatable bonds is 8. The molecule has 3 nitrogen and oxygen atoms in total. The molecule has 1 aliphatic carbocycles. The maximum absolute atomic E-state index is 6.44. The quantitative estimate of drug-likeness (QED) is 0.557. The van der Waals surface area contributed by atoms with Gasteiger partial charge in [0.25, 0.3) is 0 Å². The molecule has 2 rings (SSSR count). The highest BCUT2D eigenvalue weighted by molar-refractivity contribution is 4.91. The summed E-state index contributed by atoms with van der Waals surface area (Å²) in [5.41, 5.74) is 0.405. The van der Waals surface area contributed by atoms with Gasteiger partial charge in [-0.15, -0.1) is 6.58 Å². The Morgan fingerprint density at radius 1 is 1.20 bits per heavy atom. The van der Waals surface area contributed by atoms with Gasteiger partial charge < -0.3 is 9.47 Å². The second-order valence-corrected chi connectivity index (χ2v) is 9.38. The SMILES string of the molecule is C=CCN(CCC1COC2(CCC(C(C)(C)C(C)C)CC2)O1)C(C)C. The van der Waals surface area contributed by atoms with Crippen LogP contribution in [0, 0.1) is 17.3 Å². The Labute approximate surface area is 156 Å². The van der Waals surface area contributed by atoms with Gasteiger partial charge in [0.05, 0.1) is 12.7 Å². The minimum Gasteiger partial charge on any atom is -0.347 e. The molecule has 3 heteroatoms. The van der Waals surface area contributed by atoms with Gasteiger partial charge in [-0.2, -0.15) is 0 Å². The van der Waals surface area contributed by atoms with Crippen molar-refractivity contribution in [3.63, 3.8) is 0 Å². The standard InChI is InChI=1S/C22H41NO2/c1-8-14-23(18(4)5)15-11-20-16-24-22(25-20)12-9-19(10-13-22)21(6,7)17(2)3/h8,17-20H,1,9-16H2,2-7H3. The van der Waals surface area contributed by atoms with Gasteiger partial charge in [0, 0.05) is 32.0 Å². The molecule has 1 atom stereocenters. The van der Waals surface area contributed by atoms with Gasteiger partial charge >= 0.3 is 0 Å². The van der Waals surface area contributed by atoms with Crippen molar-refractivity contribution < 1.29 is 9.47 Å². The van der Waals surface area contributed by atoms with Crippen LogP contribution < -0.4 is 0 Å². The van der Waals surface area contributed by atoms with E-state index in [-0.39, 0.29) is 11.9 Å².